The number of amides is 1. The molecule has 0 radical (unpaired) electrons. The second-order valence-corrected chi connectivity index (χ2v) is 9.23. The molecule has 2 aromatic rings. The molecule has 32 heavy (non-hydrogen) atoms. The molecule has 0 spiro atoms. The summed E-state index contributed by atoms with van der Waals surface area (Å²) in [7, 11) is 0. The van der Waals surface area contributed by atoms with Crippen molar-refractivity contribution >= 4 is 35.4 Å². The Morgan fingerprint density at radius 3 is 2.28 bits per heavy atom. The summed E-state index contributed by atoms with van der Waals surface area (Å²) in [5.74, 6) is -0.417. The largest absolute Gasteiger partial charge is 0.480 e. The Kier molecular flexibility index (Phi) is 7.35. The van der Waals surface area contributed by atoms with Crippen LogP contribution in [0.2, 0.25) is 0 Å². The van der Waals surface area contributed by atoms with E-state index in [2.05, 4.69) is 10.2 Å². The van der Waals surface area contributed by atoms with E-state index in [-0.39, 0.29) is 30.1 Å². The third kappa shape index (κ3) is 4.18. The minimum atomic E-state index is -0.697. The van der Waals surface area contributed by atoms with Crippen LogP contribution < -0.4 is 11.0 Å². The Bertz CT molecular complexity index is 1030. The molecule has 9 heteroatoms. The Hall–Kier alpha value is -2.32. The van der Waals surface area contributed by atoms with Crippen molar-refractivity contribution in [2.45, 2.75) is 64.0 Å². The smallest absolute Gasteiger partial charge is 0.337 e. The number of likely N-dealkylation sites (tertiary alicyclic amines) is 1. The van der Waals surface area contributed by atoms with Crippen LogP contribution in [0.1, 0.15) is 58.4 Å². The maximum atomic E-state index is 12.9. The van der Waals surface area contributed by atoms with E-state index < -0.39 is 17.5 Å². The summed E-state index contributed by atoms with van der Waals surface area (Å²) in [6.07, 6.45) is 5.09. The number of piperidine rings is 1. The quantitative estimate of drug-likeness (QED) is 0.706. The number of aliphatic carboxylic acids is 1. The number of aromatic nitrogens is 2. The van der Waals surface area contributed by atoms with Gasteiger partial charge in [-0.2, -0.15) is 0 Å². The number of imidazole rings is 1. The average molecular weight is 465 g/mol. The fourth-order valence-corrected chi connectivity index (χ4v) is 5.37. The van der Waals surface area contributed by atoms with Crippen LogP contribution >= 0.6 is 12.4 Å². The van der Waals surface area contributed by atoms with Gasteiger partial charge in [-0.15, -0.1) is 12.4 Å². The normalized spacial score (nSPS) is 19.2. The van der Waals surface area contributed by atoms with Crippen molar-refractivity contribution in [3.63, 3.8) is 0 Å². The van der Waals surface area contributed by atoms with Crippen LogP contribution in [0.4, 0.5) is 4.79 Å². The van der Waals surface area contributed by atoms with Gasteiger partial charge in [0.05, 0.1) is 11.0 Å². The van der Waals surface area contributed by atoms with Gasteiger partial charge in [0.1, 0.15) is 5.54 Å². The Balaban J connectivity index is 0.00000289. The van der Waals surface area contributed by atoms with Crippen molar-refractivity contribution in [3.8, 4) is 0 Å². The first kappa shape index (κ1) is 24.3. The Labute approximate surface area is 194 Å². The highest BCUT2D eigenvalue weighted by Gasteiger charge is 2.47. The van der Waals surface area contributed by atoms with Crippen molar-refractivity contribution in [2.75, 3.05) is 19.6 Å². The van der Waals surface area contributed by atoms with Crippen molar-refractivity contribution in [2.24, 2.45) is 5.92 Å². The minimum Gasteiger partial charge on any atom is -0.480 e. The highest BCUT2D eigenvalue weighted by atomic mass is 35.5. The first-order chi connectivity index (χ1) is 14.8. The van der Waals surface area contributed by atoms with Gasteiger partial charge in [-0.1, -0.05) is 25.0 Å². The number of hydrogen-bond donors (Lipinski definition) is 2. The molecule has 1 amide bonds. The Morgan fingerprint density at radius 2 is 1.72 bits per heavy atom. The SMILES string of the molecule is CC(C)n1c(=O)n(C(=O)NCC2CCN(C3(C(=O)O)CCCC3)CC2)c2ccccc21.Cl. The third-order valence-corrected chi connectivity index (χ3v) is 7.09. The van der Waals surface area contributed by atoms with E-state index in [9.17, 15) is 19.5 Å². The van der Waals surface area contributed by atoms with E-state index in [1.165, 1.54) is 4.57 Å². The zero-order valence-electron chi connectivity index (χ0n) is 18.7. The lowest BCUT2D eigenvalue weighted by atomic mass is 9.89. The minimum absolute atomic E-state index is 0. The van der Waals surface area contributed by atoms with Crippen LogP contribution in [0.3, 0.4) is 0 Å². The summed E-state index contributed by atoms with van der Waals surface area (Å²) >= 11 is 0. The van der Waals surface area contributed by atoms with Crippen LogP contribution in [0.5, 0.6) is 0 Å². The predicted molar refractivity (Wildman–Crippen MR) is 126 cm³/mol. The van der Waals surface area contributed by atoms with Crippen molar-refractivity contribution in [3.05, 3.63) is 34.7 Å². The number of carboxylic acid groups (broad SMARTS) is 1. The molecule has 0 atom stereocenters. The molecule has 1 saturated heterocycles. The standard InChI is InChI=1S/C23H32N4O4.ClH/c1-16(2)26-18-7-3-4-8-19(18)27(22(26)31)21(30)24-15-17-9-13-25(14-10-17)23(20(28)29)11-5-6-12-23;/h3-4,7-8,16-17H,5-6,9-15H2,1-2H3,(H,24,30)(H,28,29);1H. The maximum absolute atomic E-state index is 12.9. The summed E-state index contributed by atoms with van der Waals surface area (Å²) < 4.78 is 2.86. The predicted octanol–water partition coefficient (Wildman–Crippen LogP) is 3.47. The van der Waals surface area contributed by atoms with Crippen LogP contribution in [0.15, 0.2) is 29.1 Å². The van der Waals surface area contributed by atoms with Gasteiger partial charge in [0.2, 0.25) is 0 Å². The number of nitrogens with zero attached hydrogens (tertiary/aromatic N) is 3. The molecule has 1 aliphatic carbocycles. The maximum Gasteiger partial charge on any atom is 0.337 e. The second-order valence-electron chi connectivity index (χ2n) is 9.23. The molecule has 2 aliphatic rings. The molecule has 4 rings (SSSR count). The molecule has 1 aromatic heterocycles. The monoisotopic (exact) mass is 464 g/mol. The molecule has 2 N–H and O–H groups in total. The summed E-state index contributed by atoms with van der Waals surface area (Å²) in [5, 5.41) is 12.8. The first-order valence-electron chi connectivity index (χ1n) is 11.3. The number of para-hydroxylation sites is 2. The molecule has 1 aliphatic heterocycles. The molecule has 0 unspecified atom stereocenters. The van der Waals surface area contributed by atoms with Gasteiger partial charge in [-0.25, -0.2) is 14.2 Å². The van der Waals surface area contributed by atoms with Gasteiger partial charge in [0.25, 0.3) is 0 Å². The summed E-state index contributed by atoms with van der Waals surface area (Å²) in [6.45, 7) is 5.81. The number of carbonyl (C=O) groups is 2. The molecule has 8 nitrogen and oxygen atoms in total. The second kappa shape index (κ2) is 9.67. The van der Waals surface area contributed by atoms with Crippen LogP contribution in [0.25, 0.3) is 11.0 Å². The highest BCUT2D eigenvalue weighted by molar-refractivity contribution is 5.89. The molecular formula is C23H33ClN4O4. The number of halogens is 1. The zero-order valence-corrected chi connectivity index (χ0v) is 19.6. The van der Waals surface area contributed by atoms with E-state index >= 15 is 0 Å². The molecule has 1 aromatic carbocycles. The van der Waals surface area contributed by atoms with Gasteiger partial charge >= 0.3 is 17.7 Å². The lowest BCUT2D eigenvalue weighted by molar-refractivity contribution is -0.152. The summed E-state index contributed by atoms with van der Waals surface area (Å²) in [4.78, 5) is 39.9. The van der Waals surface area contributed by atoms with Crippen molar-refractivity contribution < 1.29 is 14.7 Å². The third-order valence-electron chi connectivity index (χ3n) is 7.09. The fraction of sp³-hybridized carbons (Fsp3) is 0.609. The van der Waals surface area contributed by atoms with E-state index in [4.69, 9.17) is 0 Å². The highest BCUT2D eigenvalue weighted by Crippen LogP contribution is 2.37. The number of carbonyl (C=O) groups excluding carboxylic acids is 1. The van der Waals surface area contributed by atoms with Crippen LogP contribution in [0, 0.1) is 5.92 Å². The van der Waals surface area contributed by atoms with E-state index in [1.807, 2.05) is 32.0 Å². The molecule has 2 fully saturated rings. The van der Waals surface area contributed by atoms with Gasteiger partial charge in [0, 0.05) is 12.6 Å². The van der Waals surface area contributed by atoms with Gasteiger partial charge in [-0.05, 0) is 70.7 Å². The topological polar surface area (TPSA) is 96.6 Å². The zero-order chi connectivity index (χ0) is 22.2. The summed E-state index contributed by atoms with van der Waals surface area (Å²) in [6, 6.07) is 6.89. The number of hydrogen-bond acceptors (Lipinski definition) is 4. The number of nitrogens with one attached hydrogen (secondary N) is 1. The average Bonchev–Trinajstić information content (AvgIpc) is 3.35. The number of carboxylic acids is 1. The molecule has 0 bridgehead atoms. The number of fused-ring (bicyclic) bond motifs is 1. The molecule has 176 valence electrons. The lowest BCUT2D eigenvalue weighted by Crippen LogP contribution is -2.56. The lowest BCUT2D eigenvalue weighted by Gasteiger charge is -2.42. The van der Waals surface area contributed by atoms with E-state index in [0.717, 1.165) is 57.1 Å². The summed E-state index contributed by atoms with van der Waals surface area (Å²) in [5.41, 5.74) is 0.341. The molecular weight excluding hydrogens is 432 g/mol. The van der Waals surface area contributed by atoms with Gasteiger partial charge < -0.3 is 10.4 Å². The van der Waals surface area contributed by atoms with Crippen LogP contribution in [-0.4, -0.2) is 56.3 Å². The van der Waals surface area contributed by atoms with Crippen molar-refractivity contribution in [1.29, 1.82) is 0 Å². The van der Waals surface area contributed by atoms with E-state index in [1.54, 1.807) is 10.6 Å². The van der Waals surface area contributed by atoms with Gasteiger partial charge in [-0.3, -0.25) is 14.3 Å². The number of benzene rings is 1. The van der Waals surface area contributed by atoms with E-state index in [0.29, 0.717) is 12.1 Å². The Morgan fingerprint density at radius 1 is 1.12 bits per heavy atom. The first-order valence-corrected chi connectivity index (χ1v) is 11.3. The fourth-order valence-electron chi connectivity index (χ4n) is 5.37. The van der Waals surface area contributed by atoms with Crippen LogP contribution in [-0.2, 0) is 4.79 Å². The van der Waals surface area contributed by atoms with Crippen molar-refractivity contribution in [1.82, 2.24) is 19.4 Å². The van der Waals surface area contributed by atoms with Gasteiger partial charge in [0.15, 0.2) is 0 Å². The number of rotatable bonds is 5. The molecule has 2 heterocycles. The molecule has 1 saturated carbocycles.